The van der Waals surface area contributed by atoms with E-state index in [4.69, 9.17) is 14.9 Å². The smallest absolute Gasteiger partial charge is 0.200 e. The molecule has 4 nitrogen and oxygen atoms in total. The van der Waals surface area contributed by atoms with Gasteiger partial charge in [-0.25, -0.2) is 0 Å². The molecule has 4 heteroatoms. The predicted molar refractivity (Wildman–Crippen MR) is 66.0 cm³/mol. The molecule has 0 spiro atoms. The van der Waals surface area contributed by atoms with Gasteiger partial charge < -0.3 is 14.9 Å². The lowest BCUT2D eigenvalue weighted by atomic mass is 10.1. The van der Waals surface area contributed by atoms with E-state index in [0.717, 1.165) is 0 Å². The minimum absolute atomic E-state index is 0.0877. The molecule has 0 amide bonds. The normalized spacial score (nSPS) is 10.0. The Hall–Kier alpha value is -2.49. The van der Waals surface area contributed by atoms with Crippen molar-refractivity contribution in [1.82, 2.24) is 0 Å². The summed E-state index contributed by atoms with van der Waals surface area (Å²) in [6, 6.07) is 12.1. The van der Waals surface area contributed by atoms with Crippen LogP contribution in [0.4, 0.5) is 0 Å². The molecule has 2 rings (SSSR count). The highest BCUT2D eigenvalue weighted by molar-refractivity contribution is 5.97. The van der Waals surface area contributed by atoms with Gasteiger partial charge in [0.1, 0.15) is 17.2 Å². The molecule has 0 aliphatic carbocycles. The fourth-order valence-electron chi connectivity index (χ4n) is 1.42. The molecular formula is C14H12O4. The SMILES string of the molecule is O=C(COc1ccc(O)cc1)c1ccc(O)cc1. The second-order valence-corrected chi connectivity index (χ2v) is 3.75. The van der Waals surface area contributed by atoms with E-state index in [2.05, 4.69) is 0 Å². The van der Waals surface area contributed by atoms with Crippen LogP contribution in [-0.2, 0) is 0 Å². The molecule has 0 fully saturated rings. The summed E-state index contributed by atoms with van der Waals surface area (Å²) in [4.78, 5) is 11.7. The Morgan fingerprint density at radius 3 is 1.94 bits per heavy atom. The van der Waals surface area contributed by atoms with Crippen LogP contribution in [0.1, 0.15) is 10.4 Å². The van der Waals surface area contributed by atoms with Crippen molar-refractivity contribution < 1.29 is 19.7 Å². The number of rotatable bonds is 4. The Morgan fingerprint density at radius 1 is 0.889 bits per heavy atom. The fraction of sp³-hybridized carbons (Fsp3) is 0.0714. The van der Waals surface area contributed by atoms with Crippen LogP contribution in [0.25, 0.3) is 0 Å². The lowest BCUT2D eigenvalue weighted by Crippen LogP contribution is -2.11. The maximum atomic E-state index is 11.7. The highest BCUT2D eigenvalue weighted by atomic mass is 16.5. The van der Waals surface area contributed by atoms with Gasteiger partial charge in [0.25, 0.3) is 0 Å². The first kappa shape index (κ1) is 12.0. The number of carbonyl (C=O) groups excluding carboxylic acids is 1. The van der Waals surface area contributed by atoms with E-state index in [9.17, 15) is 4.79 Å². The summed E-state index contributed by atoms with van der Waals surface area (Å²) in [6.45, 7) is -0.0877. The number of Topliss-reactive ketones (excluding diaryl/α,β-unsaturated/α-hetero) is 1. The zero-order valence-electron chi connectivity index (χ0n) is 9.54. The van der Waals surface area contributed by atoms with E-state index in [1.165, 1.54) is 36.4 Å². The third kappa shape index (κ3) is 3.01. The molecule has 0 bridgehead atoms. The first-order valence-electron chi connectivity index (χ1n) is 5.39. The molecule has 0 atom stereocenters. The van der Waals surface area contributed by atoms with Crippen molar-refractivity contribution in [3.8, 4) is 17.2 Å². The summed E-state index contributed by atoms with van der Waals surface area (Å²) in [5, 5.41) is 18.2. The quantitative estimate of drug-likeness (QED) is 0.810. The second-order valence-electron chi connectivity index (χ2n) is 3.75. The number of benzene rings is 2. The molecule has 0 saturated carbocycles. The molecule has 0 radical (unpaired) electrons. The van der Waals surface area contributed by atoms with E-state index in [1.807, 2.05) is 0 Å². The third-order valence-corrected chi connectivity index (χ3v) is 2.40. The number of carbonyl (C=O) groups is 1. The van der Waals surface area contributed by atoms with E-state index >= 15 is 0 Å². The summed E-state index contributed by atoms with van der Waals surface area (Å²) in [7, 11) is 0. The Labute approximate surface area is 104 Å². The average Bonchev–Trinajstić information content (AvgIpc) is 2.38. The summed E-state index contributed by atoms with van der Waals surface area (Å²) in [5.74, 6) is 0.598. The van der Waals surface area contributed by atoms with Crippen LogP contribution < -0.4 is 4.74 Å². The number of aromatic hydroxyl groups is 2. The van der Waals surface area contributed by atoms with Crippen LogP contribution in [0, 0.1) is 0 Å². The first-order valence-corrected chi connectivity index (χ1v) is 5.39. The van der Waals surface area contributed by atoms with Gasteiger partial charge in [-0.15, -0.1) is 0 Å². The largest absolute Gasteiger partial charge is 0.508 e. The molecule has 2 N–H and O–H groups in total. The predicted octanol–water partition coefficient (Wildman–Crippen LogP) is 2.36. The number of hydrogen-bond acceptors (Lipinski definition) is 4. The van der Waals surface area contributed by atoms with Gasteiger partial charge in [0.2, 0.25) is 0 Å². The maximum absolute atomic E-state index is 11.7. The summed E-state index contributed by atoms with van der Waals surface area (Å²) < 4.78 is 5.28. The van der Waals surface area contributed by atoms with Crippen molar-refractivity contribution in [2.45, 2.75) is 0 Å². The Bertz CT molecular complexity index is 529. The summed E-state index contributed by atoms with van der Waals surface area (Å²) >= 11 is 0. The fourth-order valence-corrected chi connectivity index (χ4v) is 1.42. The van der Waals surface area contributed by atoms with E-state index in [-0.39, 0.29) is 23.9 Å². The van der Waals surface area contributed by atoms with E-state index in [1.54, 1.807) is 12.1 Å². The zero-order chi connectivity index (χ0) is 13.0. The van der Waals surface area contributed by atoms with E-state index < -0.39 is 0 Å². The molecule has 0 saturated heterocycles. The molecule has 0 unspecified atom stereocenters. The van der Waals surface area contributed by atoms with Crippen molar-refractivity contribution in [3.63, 3.8) is 0 Å². The summed E-state index contributed by atoms with van der Waals surface area (Å²) in [6.07, 6.45) is 0. The van der Waals surface area contributed by atoms with Crippen LogP contribution in [-0.4, -0.2) is 22.6 Å². The van der Waals surface area contributed by atoms with Crippen molar-refractivity contribution in [3.05, 3.63) is 54.1 Å². The second kappa shape index (κ2) is 5.23. The van der Waals surface area contributed by atoms with Crippen molar-refractivity contribution in [2.24, 2.45) is 0 Å². The van der Waals surface area contributed by atoms with Crippen LogP contribution in [0.5, 0.6) is 17.2 Å². The van der Waals surface area contributed by atoms with Gasteiger partial charge in [-0.2, -0.15) is 0 Å². The van der Waals surface area contributed by atoms with E-state index in [0.29, 0.717) is 11.3 Å². The molecule has 18 heavy (non-hydrogen) atoms. The van der Waals surface area contributed by atoms with Crippen molar-refractivity contribution in [2.75, 3.05) is 6.61 Å². The molecule has 0 heterocycles. The van der Waals surface area contributed by atoms with Crippen LogP contribution in [0.2, 0.25) is 0 Å². The Morgan fingerprint density at radius 2 is 1.39 bits per heavy atom. The van der Waals surface area contributed by atoms with Crippen LogP contribution >= 0.6 is 0 Å². The molecule has 0 aliphatic rings. The number of phenolic OH excluding ortho intramolecular Hbond substituents is 2. The minimum atomic E-state index is -0.178. The van der Waals surface area contributed by atoms with Gasteiger partial charge in [-0.1, -0.05) is 0 Å². The number of ether oxygens (including phenoxy) is 1. The molecule has 92 valence electrons. The van der Waals surface area contributed by atoms with Gasteiger partial charge >= 0.3 is 0 Å². The average molecular weight is 244 g/mol. The van der Waals surface area contributed by atoms with Gasteiger partial charge in [-0.3, -0.25) is 4.79 Å². The van der Waals surface area contributed by atoms with Gasteiger partial charge in [0.15, 0.2) is 12.4 Å². The van der Waals surface area contributed by atoms with Gasteiger partial charge in [-0.05, 0) is 48.5 Å². The number of hydrogen-bond donors (Lipinski definition) is 2. The van der Waals surface area contributed by atoms with Gasteiger partial charge in [0, 0.05) is 5.56 Å². The molecule has 2 aromatic rings. The molecular weight excluding hydrogens is 232 g/mol. The monoisotopic (exact) mass is 244 g/mol. The number of ketones is 1. The lowest BCUT2D eigenvalue weighted by Gasteiger charge is -2.05. The Kier molecular flexibility index (Phi) is 3.48. The molecule has 0 aliphatic heterocycles. The third-order valence-electron chi connectivity index (χ3n) is 2.40. The zero-order valence-corrected chi connectivity index (χ0v) is 9.54. The lowest BCUT2D eigenvalue weighted by molar-refractivity contribution is 0.0921. The van der Waals surface area contributed by atoms with Crippen LogP contribution in [0.3, 0.4) is 0 Å². The topological polar surface area (TPSA) is 66.8 Å². The maximum Gasteiger partial charge on any atom is 0.200 e. The first-order chi connectivity index (χ1) is 8.65. The van der Waals surface area contributed by atoms with Gasteiger partial charge in [0.05, 0.1) is 0 Å². The highest BCUT2D eigenvalue weighted by Crippen LogP contribution is 2.16. The van der Waals surface area contributed by atoms with Crippen molar-refractivity contribution >= 4 is 5.78 Å². The molecule has 0 aromatic heterocycles. The number of phenols is 2. The minimum Gasteiger partial charge on any atom is -0.508 e. The van der Waals surface area contributed by atoms with Crippen molar-refractivity contribution in [1.29, 1.82) is 0 Å². The Balaban J connectivity index is 1.96. The van der Waals surface area contributed by atoms with Crippen LogP contribution in [0.15, 0.2) is 48.5 Å². The summed E-state index contributed by atoms with van der Waals surface area (Å²) in [5.41, 5.74) is 0.478. The highest BCUT2D eigenvalue weighted by Gasteiger charge is 2.06. The molecule has 2 aromatic carbocycles. The standard InChI is InChI=1S/C14H12O4/c15-11-3-1-10(2-4-11)14(17)9-18-13-7-5-12(16)6-8-13/h1-8,15-16H,9H2.